The quantitative estimate of drug-likeness (QED) is 0.890. The van der Waals surface area contributed by atoms with Gasteiger partial charge in [0.1, 0.15) is 5.76 Å². The number of carbonyl (C=O) groups excluding carboxylic acids is 1. The second kappa shape index (κ2) is 5.56. The van der Waals surface area contributed by atoms with E-state index in [1.54, 1.807) is 18.4 Å². The maximum absolute atomic E-state index is 11.7. The monoisotopic (exact) mass is 271 g/mol. The first-order valence-corrected chi connectivity index (χ1v) is 7.87. The maximum atomic E-state index is 11.7. The molecule has 1 atom stereocenters. The summed E-state index contributed by atoms with van der Waals surface area (Å²) in [7, 11) is -2.93. The summed E-state index contributed by atoms with van der Waals surface area (Å²) < 4.78 is 28.0. The molecule has 1 aromatic heterocycles. The van der Waals surface area contributed by atoms with Crippen molar-refractivity contribution in [2.24, 2.45) is 5.92 Å². The largest absolute Gasteiger partial charge is 0.467 e. The summed E-state index contributed by atoms with van der Waals surface area (Å²) in [6.07, 6.45) is 3.31. The highest BCUT2D eigenvalue weighted by molar-refractivity contribution is 7.91. The van der Waals surface area contributed by atoms with E-state index in [0.29, 0.717) is 18.7 Å². The lowest BCUT2D eigenvalue weighted by Crippen LogP contribution is -2.31. The molecule has 1 unspecified atom stereocenters. The smallest absolute Gasteiger partial charge is 0.220 e. The van der Waals surface area contributed by atoms with Crippen molar-refractivity contribution >= 4 is 15.7 Å². The molecule has 1 aliphatic rings. The standard InChI is InChI=1S/C12H17NO4S/c14-12(13-8-11-4-1-5-17-11)7-10-3-2-6-18(15,16)9-10/h1,4-5,10H,2-3,6-9H2,(H,13,14). The average molecular weight is 271 g/mol. The summed E-state index contributed by atoms with van der Waals surface area (Å²) in [4.78, 5) is 11.7. The molecule has 1 saturated heterocycles. The van der Waals surface area contributed by atoms with Crippen molar-refractivity contribution in [3.63, 3.8) is 0 Å². The van der Waals surface area contributed by atoms with Crippen molar-refractivity contribution in [3.05, 3.63) is 24.2 Å². The van der Waals surface area contributed by atoms with E-state index in [-0.39, 0.29) is 29.8 Å². The molecule has 1 amide bonds. The van der Waals surface area contributed by atoms with Gasteiger partial charge in [0.2, 0.25) is 5.91 Å². The first kappa shape index (κ1) is 13.1. The first-order chi connectivity index (χ1) is 8.55. The predicted octanol–water partition coefficient (Wildman–Crippen LogP) is 1.11. The second-order valence-corrected chi connectivity index (χ2v) is 6.91. The van der Waals surface area contributed by atoms with E-state index in [0.717, 1.165) is 6.42 Å². The summed E-state index contributed by atoms with van der Waals surface area (Å²) in [6.45, 7) is 0.352. The Morgan fingerprint density at radius 1 is 1.50 bits per heavy atom. The number of carbonyl (C=O) groups is 1. The van der Waals surface area contributed by atoms with Gasteiger partial charge >= 0.3 is 0 Å². The van der Waals surface area contributed by atoms with Crippen molar-refractivity contribution in [1.82, 2.24) is 5.32 Å². The molecule has 1 N–H and O–H groups in total. The van der Waals surface area contributed by atoms with E-state index in [9.17, 15) is 13.2 Å². The van der Waals surface area contributed by atoms with Gasteiger partial charge in [-0.2, -0.15) is 0 Å². The zero-order chi connectivity index (χ0) is 13.0. The van der Waals surface area contributed by atoms with Crippen LogP contribution in [0.4, 0.5) is 0 Å². The summed E-state index contributed by atoms with van der Waals surface area (Å²) in [6, 6.07) is 3.54. The Hall–Kier alpha value is -1.30. The van der Waals surface area contributed by atoms with Crippen LogP contribution in [0.15, 0.2) is 22.8 Å². The fraction of sp³-hybridized carbons (Fsp3) is 0.583. The number of amides is 1. The molecule has 2 rings (SSSR count). The van der Waals surface area contributed by atoms with Crippen molar-refractivity contribution in [2.75, 3.05) is 11.5 Å². The Morgan fingerprint density at radius 3 is 3.00 bits per heavy atom. The molecule has 2 heterocycles. The summed E-state index contributed by atoms with van der Waals surface area (Å²) in [5.41, 5.74) is 0. The van der Waals surface area contributed by atoms with Gasteiger partial charge in [0.15, 0.2) is 9.84 Å². The molecule has 0 aliphatic carbocycles. The lowest BCUT2D eigenvalue weighted by molar-refractivity contribution is -0.122. The second-order valence-electron chi connectivity index (χ2n) is 4.68. The Bertz CT molecular complexity index is 492. The topological polar surface area (TPSA) is 76.4 Å². The molecule has 1 fully saturated rings. The molecule has 1 aromatic rings. The molecule has 0 bridgehead atoms. The number of hydrogen-bond donors (Lipinski definition) is 1. The van der Waals surface area contributed by atoms with Gasteiger partial charge in [-0.05, 0) is 30.9 Å². The Labute approximate surface area is 106 Å². The van der Waals surface area contributed by atoms with Crippen molar-refractivity contribution in [2.45, 2.75) is 25.8 Å². The normalized spacial score (nSPS) is 22.6. The van der Waals surface area contributed by atoms with Crippen LogP contribution < -0.4 is 5.32 Å². The van der Waals surface area contributed by atoms with E-state index in [4.69, 9.17) is 4.42 Å². The summed E-state index contributed by atoms with van der Waals surface area (Å²) in [5, 5.41) is 2.73. The molecule has 0 spiro atoms. The van der Waals surface area contributed by atoms with Gasteiger partial charge in [0, 0.05) is 6.42 Å². The fourth-order valence-corrected chi connectivity index (χ4v) is 3.99. The lowest BCUT2D eigenvalue weighted by Gasteiger charge is -2.21. The number of rotatable bonds is 4. The van der Waals surface area contributed by atoms with Crippen molar-refractivity contribution in [3.8, 4) is 0 Å². The van der Waals surface area contributed by atoms with E-state index in [1.165, 1.54) is 0 Å². The highest BCUT2D eigenvalue weighted by atomic mass is 32.2. The number of sulfone groups is 1. The zero-order valence-corrected chi connectivity index (χ0v) is 10.9. The van der Waals surface area contributed by atoms with E-state index in [2.05, 4.69) is 5.32 Å². The van der Waals surface area contributed by atoms with Crippen LogP contribution in [0.1, 0.15) is 25.0 Å². The van der Waals surface area contributed by atoms with Crippen LogP contribution in [-0.4, -0.2) is 25.8 Å². The maximum Gasteiger partial charge on any atom is 0.220 e. The summed E-state index contributed by atoms with van der Waals surface area (Å²) in [5.74, 6) is 0.937. The zero-order valence-electron chi connectivity index (χ0n) is 10.1. The molecule has 0 saturated carbocycles. The Kier molecular flexibility index (Phi) is 4.06. The van der Waals surface area contributed by atoms with Crippen LogP contribution >= 0.6 is 0 Å². The van der Waals surface area contributed by atoms with Gasteiger partial charge < -0.3 is 9.73 Å². The van der Waals surface area contributed by atoms with E-state index in [1.807, 2.05) is 0 Å². The van der Waals surface area contributed by atoms with Crippen LogP contribution in [0.3, 0.4) is 0 Å². The predicted molar refractivity (Wildman–Crippen MR) is 66.5 cm³/mol. The molecule has 100 valence electrons. The van der Waals surface area contributed by atoms with E-state index >= 15 is 0 Å². The average Bonchev–Trinajstić information content (AvgIpc) is 2.77. The van der Waals surface area contributed by atoms with Crippen LogP contribution in [-0.2, 0) is 21.2 Å². The van der Waals surface area contributed by atoms with Gasteiger partial charge in [-0.25, -0.2) is 8.42 Å². The highest BCUT2D eigenvalue weighted by Crippen LogP contribution is 2.21. The Balaban J connectivity index is 1.77. The van der Waals surface area contributed by atoms with Gasteiger partial charge in [-0.3, -0.25) is 4.79 Å². The Morgan fingerprint density at radius 2 is 2.33 bits per heavy atom. The van der Waals surface area contributed by atoms with Crippen LogP contribution in [0.5, 0.6) is 0 Å². The molecule has 0 radical (unpaired) electrons. The lowest BCUT2D eigenvalue weighted by atomic mass is 10.0. The van der Waals surface area contributed by atoms with Gasteiger partial charge in [0.25, 0.3) is 0 Å². The summed E-state index contributed by atoms with van der Waals surface area (Å²) >= 11 is 0. The van der Waals surface area contributed by atoms with E-state index < -0.39 is 9.84 Å². The van der Waals surface area contributed by atoms with Crippen LogP contribution in [0.2, 0.25) is 0 Å². The molecule has 1 aliphatic heterocycles. The van der Waals surface area contributed by atoms with Gasteiger partial charge in [-0.1, -0.05) is 0 Å². The van der Waals surface area contributed by atoms with Crippen molar-refractivity contribution in [1.29, 1.82) is 0 Å². The molecular weight excluding hydrogens is 254 g/mol. The molecule has 18 heavy (non-hydrogen) atoms. The van der Waals surface area contributed by atoms with Crippen molar-refractivity contribution < 1.29 is 17.6 Å². The fourth-order valence-electron chi connectivity index (χ4n) is 2.21. The van der Waals surface area contributed by atoms with Gasteiger partial charge in [-0.15, -0.1) is 0 Å². The minimum atomic E-state index is -2.93. The minimum absolute atomic E-state index is 0.0413. The minimum Gasteiger partial charge on any atom is -0.467 e. The molecule has 6 heteroatoms. The SMILES string of the molecule is O=C(CC1CCCS(=O)(=O)C1)NCc1ccco1. The third-order valence-corrected chi connectivity index (χ3v) is 4.96. The molecular formula is C12H17NO4S. The van der Waals surface area contributed by atoms with Crippen LogP contribution in [0, 0.1) is 5.92 Å². The number of hydrogen-bond acceptors (Lipinski definition) is 4. The number of furan rings is 1. The third kappa shape index (κ3) is 3.87. The first-order valence-electron chi connectivity index (χ1n) is 6.05. The molecule has 5 nitrogen and oxygen atoms in total. The highest BCUT2D eigenvalue weighted by Gasteiger charge is 2.26. The number of nitrogens with one attached hydrogen (secondary N) is 1. The van der Waals surface area contributed by atoms with Crippen LogP contribution in [0.25, 0.3) is 0 Å². The van der Waals surface area contributed by atoms with Gasteiger partial charge in [0.05, 0.1) is 24.3 Å². The molecule has 0 aromatic carbocycles. The third-order valence-electron chi connectivity index (χ3n) is 3.07.